The fourth-order valence-electron chi connectivity index (χ4n) is 1.66. The first-order valence-corrected chi connectivity index (χ1v) is 7.09. The predicted octanol–water partition coefficient (Wildman–Crippen LogP) is 0.980. The number of rotatable bonds is 5. The maximum Gasteiger partial charge on any atom is 0.243 e. The number of sulfonamides is 1. The lowest BCUT2D eigenvalue weighted by molar-refractivity contribution is 0.530. The first-order valence-electron chi connectivity index (χ1n) is 5.60. The summed E-state index contributed by atoms with van der Waals surface area (Å²) < 4.78 is 52.0. The maximum absolute atomic E-state index is 13.3. The molecule has 0 aliphatic heterocycles. The van der Waals surface area contributed by atoms with Crippen LogP contribution >= 0.6 is 0 Å². The number of nitrogens with two attached hydrogens (primary N) is 1. The van der Waals surface area contributed by atoms with Crippen LogP contribution in [0.1, 0.15) is 12.8 Å². The first-order chi connectivity index (χ1) is 8.40. The molecular weight excluding hydrogens is 262 g/mol. The van der Waals surface area contributed by atoms with Gasteiger partial charge in [0.1, 0.15) is 16.5 Å². The minimum absolute atomic E-state index is 0.0307. The van der Waals surface area contributed by atoms with Crippen molar-refractivity contribution in [2.75, 3.05) is 6.54 Å². The van der Waals surface area contributed by atoms with Gasteiger partial charge in [-0.1, -0.05) is 0 Å². The zero-order valence-electron chi connectivity index (χ0n) is 9.57. The van der Waals surface area contributed by atoms with Gasteiger partial charge in [0.2, 0.25) is 10.0 Å². The predicted molar refractivity (Wildman–Crippen MR) is 62.2 cm³/mol. The second kappa shape index (κ2) is 4.91. The van der Waals surface area contributed by atoms with Gasteiger partial charge < -0.3 is 5.73 Å². The molecule has 0 radical (unpaired) electrons. The van der Waals surface area contributed by atoms with Crippen molar-refractivity contribution in [2.45, 2.75) is 23.8 Å². The zero-order chi connectivity index (χ0) is 13.3. The van der Waals surface area contributed by atoms with Crippen molar-refractivity contribution >= 4 is 10.0 Å². The van der Waals surface area contributed by atoms with Crippen LogP contribution in [0.4, 0.5) is 8.78 Å². The molecule has 0 heterocycles. The van der Waals surface area contributed by atoms with Crippen LogP contribution in [0.25, 0.3) is 0 Å². The molecule has 1 aromatic carbocycles. The summed E-state index contributed by atoms with van der Waals surface area (Å²) in [5.41, 5.74) is 5.74. The molecular formula is C11H14F2N2O2S. The van der Waals surface area contributed by atoms with E-state index in [0.29, 0.717) is 12.0 Å². The van der Waals surface area contributed by atoms with E-state index < -0.39 is 26.6 Å². The highest BCUT2D eigenvalue weighted by atomic mass is 32.2. The number of nitrogens with one attached hydrogen (secondary N) is 1. The van der Waals surface area contributed by atoms with Crippen LogP contribution in [-0.2, 0) is 10.0 Å². The van der Waals surface area contributed by atoms with Crippen LogP contribution in [-0.4, -0.2) is 21.0 Å². The van der Waals surface area contributed by atoms with E-state index in [4.69, 9.17) is 5.73 Å². The van der Waals surface area contributed by atoms with Crippen molar-refractivity contribution in [3.8, 4) is 0 Å². The number of hydrogen-bond acceptors (Lipinski definition) is 3. The van der Waals surface area contributed by atoms with Gasteiger partial charge in [0.15, 0.2) is 0 Å². The molecule has 0 bridgehead atoms. The number of halogens is 2. The van der Waals surface area contributed by atoms with Gasteiger partial charge >= 0.3 is 0 Å². The van der Waals surface area contributed by atoms with Crippen LogP contribution in [0.15, 0.2) is 23.1 Å². The minimum atomic E-state index is -4.06. The lowest BCUT2D eigenvalue weighted by Gasteiger charge is -2.12. The molecule has 7 heteroatoms. The van der Waals surface area contributed by atoms with Crippen LogP contribution in [0.3, 0.4) is 0 Å². The smallest absolute Gasteiger partial charge is 0.243 e. The molecule has 1 fully saturated rings. The number of benzene rings is 1. The van der Waals surface area contributed by atoms with E-state index in [1.165, 1.54) is 0 Å². The second-order valence-electron chi connectivity index (χ2n) is 4.43. The first kappa shape index (κ1) is 13.4. The van der Waals surface area contributed by atoms with Gasteiger partial charge in [0.05, 0.1) is 0 Å². The average Bonchev–Trinajstić information content (AvgIpc) is 3.13. The summed E-state index contributed by atoms with van der Waals surface area (Å²) in [4.78, 5) is -0.689. The van der Waals surface area contributed by atoms with Crippen molar-refractivity contribution in [1.29, 1.82) is 0 Å². The van der Waals surface area contributed by atoms with Crippen molar-refractivity contribution in [1.82, 2.24) is 4.72 Å². The molecule has 1 unspecified atom stereocenters. The van der Waals surface area contributed by atoms with Gasteiger partial charge in [0.25, 0.3) is 0 Å². The molecule has 2 rings (SSSR count). The lowest BCUT2D eigenvalue weighted by atomic mass is 10.2. The standard InChI is InChI=1S/C11H14F2N2O2S/c12-8-3-4-9(13)11(5-8)18(16,17)15-6-10(14)7-1-2-7/h3-5,7,10,15H,1-2,6,14H2. The van der Waals surface area contributed by atoms with Gasteiger partial charge in [0, 0.05) is 12.6 Å². The molecule has 3 N–H and O–H groups in total. The minimum Gasteiger partial charge on any atom is -0.326 e. The van der Waals surface area contributed by atoms with Gasteiger partial charge in [-0.3, -0.25) is 0 Å². The average molecular weight is 276 g/mol. The van der Waals surface area contributed by atoms with E-state index in [2.05, 4.69) is 4.72 Å². The Labute approximate surface area is 104 Å². The third kappa shape index (κ3) is 3.04. The highest BCUT2D eigenvalue weighted by Gasteiger charge is 2.30. The quantitative estimate of drug-likeness (QED) is 0.842. The summed E-state index contributed by atoms with van der Waals surface area (Å²) in [6, 6.07) is 2.02. The number of hydrogen-bond donors (Lipinski definition) is 2. The SMILES string of the molecule is NC(CNS(=O)(=O)c1cc(F)ccc1F)C1CC1. The summed E-state index contributed by atoms with van der Waals surface area (Å²) in [5, 5.41) is 0. The van der Waals surface area contributed by atoms with Crippen LogP contribution < -0.4 is 10.5 Å². The molecule has 0 aromatic heterocycles. The fourth-order valence-corrected chi connectivity index (χ4v) is 2.82. The maximum atomic E-state index is 13.3. The third-order valence-corrected chi connectivity index (χ3v) is 4.36. The van der Waals surface area contributed by atoms with Gasteiger partial charge in [-0.25, -0.2) is 21.9 Å². The van der Waals surface area contributed by atoms with Crippen molar-refractivity contribution in [2.24, 2.45) is 11.7 Å². The topological polar surface area (TPSA) is 72.2 Å². The normalized spacial score (nSPS) is 17.7. The van der Waals surface area contributed by atoms with E-state index in [0.717, 1.165) is 25.0 Å². The molecule has 18 heavy (non-hydrogen) atoms. The van der Waals surface area contributed by atoms with Gasteiger partial charge in [-0.15, -0.1) is 0 Å². The molecule has 1 aliphatic carbocycles. The molecule has 100 valence electrons. The van der Waals surface area contributed by atoms with Crippen LogP contribution in [0.5, 0.6) is 0 Å². The second-order valence-corrected chi connectivity index (χ2v) is 6.16. The molecule has 1 aromatic rings. The molecule has 0 saturated heterocycles. The molecule has 0 amide bonds. The Morgan fingerprint density at radius 1 is 1.39 bits per heavy atom. The van der Waals surface area contributed by atoms with E-state index in [9.17, 15) is 17.2 Å². The summed E-state index contributed by atoms with van der Waals surface area (Å²) in [6.45, 7) is 0.0307. The highest BCUT2D eigenvalue weighted by Crippen LogP contribution is 2.31. The third-order valence-electron chi connectivity index (χ3n) is 2.92. The summed E-state index contributed by atoms with van der Waals surface area (Å²) >= 11 is 0. The Hall–Kier alpha value is -1.05. The van der Waals surface area contributed by atoms with Crippen molar-refractivity contribution < 1.29 is 17.2 Å². The van der Waals surface area contributed by atoms with Gasteiger partial charge in [-0.2, -0.15) is 0 Å². The monoisotopic (exact) mass is 276 g/mol. The summed E-state index contributed by atoms with van der Waals surface area (Å²) in [5.74, 6) is -1.46. The molecule has 1 aliphatic rings. The van der Waals surface area contributed by atoms with E-state index in [-0.39, 0.29) is 12.6 Å². The Kier molecular flexibility index (Phi) is 3.65. The van der Waals surface area contributed by atoms with Crippen LogP contribution in [0.2, 0.25) is 0 Å². The Balaban J connectivity index is 2.11. The lowest BCUT2D eigenvalue weighted by Crippen LogP contribution is -2.38. The fraction of sp³-hybridized carbons (Fsp3) is 0.455. The molecule has 0 spiro atoms. The van der Waals surface area contributed by atoms with Crippen molar-refractivity contribution in [3.05, 3.63) is 29.8 Å². The van der Waals surface area contributed by atoms with Crippen LogP contribution in [0, 0.1) is 17.6 Å². The molecule has 1 atom stereocenters. The largest absolute Gasteiger partial charge is 0.326 e. The molecule has 4 nitrogen and oxygen atoms in total. The molecule has 1 saturated carbocycles. The van der Waals surface area contributed by atoms with E-state index >= 15 is 0 Å². The zero-order valence-corrected chi connectivity index (χ0v) is 10.4. The van der Waals surface area contributed by atoms with Gasteiger partial charge in [-0.05, 0) is 37.0 Å². The summed E-state index contributed by atoms with van der Waals surface area (Å²) in [7, 11) is -4.06. The Bertz CT molecular complexity index is 544. The van der Waals surface area contributed by atoms with Crippen molar-refractivity contribution in [3.63, 3.8) is 0 Å². The van der Waals surface area contributed by atoms with E-state index in [1.807, 2.05) is 0 Å². The highest BCUT2D eigenvalue weighted by molar-refractivity contribution is 7.89. The summed E-state index contributed by atoms with van der Waals surface area (Å²) in [6.07, 6.45) is 1.97. The Morgan fingerprint density at radius 3 is 2.67 bits per heavy atom. The van der Waals surface area contributed by atoms with E-state index in [1.54, 1.807) is 0 Å². The Morgan fingerprint density at radius 2 is 2.06 bits per heavy atom.